The lowest BCUT2D eigenvalue weighted by Gasteiger charge is -2.36. The van der Waals surface area contributed by atoms with Crippen LogP contribution in [0, 0.1) is 0 Å². The molecule has 0 bridgehead atoms. The van der Waals surface area contributed by atoms with Gasteiger partial charge < -0.3 is 19.6 Å². The van der Waals surface area contributed by atoms with E-state index in [1.807, 2.05) is 12.1 Å². The molecule has 2 aliphatic rings. The third kappa shape index (κ3) is 3.97. The smallest absolute Gasteiger partial charge is 0.134 e. The molecule has 2 aliphatic heterocycles. The molecule has 1 aromatic carbocycles. The summed E-state index contributed by atoms with van der Waals surface area (Å²) in [5.41, 5.74) is 2.57. The van der Waals surface area contributed by atoms with Gasteiger partial charge in [-0.05, 0) is 49.0 Å². The molecule has 6 heteroatoms. The number of piperidine rings is 1. The topological polar surface area (TPSA) is 61.7 Å². The van der Waals surface area contributed by atoms with Crippen LogP contribution in [-0.2, 0) is 0 Å². The molecular weight excluding hydrogens is 352 g/mol. The third-order valence-electron chi connectivity index (χ3n) is 5.74. The summed E-state index contributed by atoms with van der Waals surface area (Å²) >= 11 is 0. The lowest BCUT2D eigenvalue weighted by atomic mass is 9.99. The van der Waals surface area contributed by atoms with E-state index in [2.05, 4.69) is 44.0 Å². The molecule has 2 aromatic rings. The van der Waals surface area contributed by atoms with Crippen LogP contribution in [0.25, 0.3) is 5.57 Å². The van der Waals surface area contributed by atoms with Crippen molar-refractivity contribution in [3.8, 4) is 5.75 Å². The Hall–Kier alpha value is -2.60. The Morgan fingerprint density at radius 1 is 1.14 bits per heavy atom. The standard InChI is InChI=1S/C22H28N4O2/c1-28-20-7-4-5-18(13-20)17-8-11-25(12-9-17)21-14-22(24-16-23-21)26-10-3-2-6-19(26)15-27/h4-5,7-8,13-14,16,19,27H,2-3,6,9-12,15H2,1H3. The van der Waals surface area contributed by atoms with Gasteiger partial charge in [0.2, 0.25) is 0 Å². The van der Waals surface area contributed by atoms with E-state index in [1.54, 1.807) is 13.4 Å². The fraction of sp³-hybridized carbons (Fsp3) is 0.455. The second kappa shape index (κ2) is 8.61. The van der Waals surface area contributed by atoms with Crippen molar-refractivity contribution < 1.29 is 9.84 Å². The van der Waals surface area contributed by atoms with E-state index in [-0.39, 0.29) is 12.6 Å². The van der Waals surface area contributed by atoms with Crippen LogP contribution in [0.4, 0.5) is 11.6 Å². The highest BCUT2D eigenvalue weighted by Crippen LogP contribution is 2.29. The monoisotopic (exact) mass is 380 g/mol. The summed E-state index contributed by atoms with van der Waals surface area (Å²) in [6.07, 6.45) is 8.23. The van der Waals surface area contributed by atoms with Gasteiger partial charge in [-0.2, -0.15) is 0 Å². The number of aromatic nitrogens is 2. The van der Waals surface area contributed by atoms with Crippen molar-refractivity contribution in [3.63, 3.8) is 0 Å². The minimum Gasteiger partial charge on any atom is -0.497 e. The molecule has 1 N–H and O–H groups in total. The minimum absolute atomic E-state index is 0.164. The number of benzene rings is 1. The molecule has 1 saturated heterocycles. The summed E-state index contributed by atoms with van der Waals surface area (Å²) in [4.78, 5) is 13.5. The van der Waals surface area contributed by atoms with Crippen LogP contribution in [0.5, 0.6) is 5.75 Å². The molecule has 0 spiro atoms. The number of rotatable bonds is 5. The summed E-state index contributed by atoms with van der Waals surface area (Å²) in [6.45, 7) is 2.87. The first-order valence-corrected chi connectivity index (χ1v) is 10.1. The van der Waals surface area contributed by atoms with Crippen LogP contribution in [-0.4, -0.2) is 54.5 Å². The first kappa shape index (κ1) is 18.7. The number of methoxy groups -OCH3 is 1. The van der Waals surface area contributed by atoms with Crippen LogP contribution in [0.15, 0.2) is 42.7 Å². The molecule has 0 aliphatic carbocycles. The summed E-state index contributed by atoms with van der Waals surface area (Å²) in [6, 6.07) is 10.5. The van der Waals surface area contributed by atoms with Gasteiger partial charge in [-0.1, -0.05) is 18.2 Å². The molecule has 148 valence electrons. The van der Waals surface area contributed by atoms with E-state index in [9.17, 15) is 5.11 Å². The molecule has 0 saturated carbocycles. The fourth-order valence-corrected chi connectivity index (χ4v) is 4.12. The van der Waals surface area contributed by atoms with Crippen molar-refractivity contribution in [1.29, 1.82) is 0 Å². The van der Waals surface area contributed by atoms with Gasteiger partial charge in [-0.25, -0.2) is 9.97 Å². The first-order chi connectivity index (χ1) is 13.8. The van der Waals surface area contributed by atoms with Gasteiger partial charge in [0, 0.05) is 25.7 Å². The van der Waals surface area contributed by atoms with Crippen LogP contribution >= 0.6 is 0 Å². The molecule has 28 heavy (non-hydrogen) atoms. The van der Waals surface area contributed by atoms with Gasteiger partial charge in [0.05, 0.1) is 19.8 Å². The summed E-state index contributed by atoms with van der Waals surface area (Å²) in [5, 5.41) is 9.70. The highest BCUT2D eigenvalue weighted by Gasteiger charge is 2.24. The number of hydrogen-bond donors (Lipinski definition) is 1. The van der Waals surface area contributed by atoms with Crippen molar-refractivity contribution in [1.82, 2.24) is 9.97 Å². The van der Waals surface area contributed by atoms with Gasteiger partial charge in [0.25, 0.3) is 0 Å². The molecule has 3 heterocycles. The number of ether oxygens (including phenoxy) is 1. The maximum absolute atomic E-state index is 9.70. The second-order valence-electron chi connectivity index (χ2n) is 7.42. The van der Waals surface area contributed by atoms with Gasteiger partial charge in [0.1, 0.15) is 23.7 Å². The van der Waals surface area contributed by atoms with E-state index in [0.29, 0.717) is 0 Å². The molecule has 1 atom stereocenters. The van der Waals surface area contributed by atoms with Gasteiger partial charge in [-0.3, -0.25) is 0 Å². The SMILES string of the molecule is COc1cccc(C2=CCN(c3cc(N4CCCCC4CO)ncn3)CC2)c1. The van der Waals surface area contributed by atoms with Crippen molar-refractivity contribution >= 4 is 17.2 Å². The maximum atomic E-state index is 9.70. The number of nitrogens with zero attached hydrogens (tertiary/aromatic N) is 4. The quantitative estimate of drug-likeness (QED) is 0.860. The van der Waals surface area contributed by atoms with E-state index >= 15 is 0 Å². The highest BCUT2D eigenvalue weighted by molar-refractivity contribution is 5.69. The molecule has 0 amide bonds. The Balaban J connectivity index is 1.49. The number of hydrogen-bond acceptors (Lipinski definition) is 6. The lowest BCUT2D eigenvalue weighted by molar-refractivity contribution is 0.239. The third-order valence-corrected chi connectivity index (χ3v) is 5.74. The normalized spacial score (nSPS) is 20.1. The van der Waals surface area contributed by atoms with E-state index in [1.165, 1.54) is 17.6 Å². The molecule has 4 rings (SSSR count). The molecular formula is C22H28N4O2. The second-order valence-corrected chi connectivity index (χ2v) is 7.42. The van der Waals surface area contributed by atoms with Gasteiger partial charge in [0.15, 0.2) is 0 Å². The molecule has 6 nitrogen and oxygen atoms in total. The minimum atomic E-state index is 0.164. The van der Waals surface area contributed by atoms with E-state index in [4.69, 9.17) is 4.74 Å². The van der Waals surface area contributed by atoms with Crippen molar-refractivity contribution in [3.05, 3.63) is 48.3 Å². The molecule has 1 aromatic heterocycles. The molecule has 0 radical (unpaired) electrons. The number of aliphatic hydroxyl groups excluding tert-OH is 1. The Morgan fingerprint density at radius 3 is 2.82 bits per heavy atom. The van der Waals surface area contributed by atoms with Gasteiger partial charge in [-0.15, -0.1) is 0 Å². The largest absolute Gasteiger partial charge is 0.497 e. The zero-order valence-electron chi connectivity index (χ0n) is 16.4. The maximum Gasteiger partial charge on any atom is 0.134 e. The predicted octanol–water partition coefficient (Wildman–Crippen LogP) is 3.13. The number of aliphatic hydroxyl groups is 1. The van der Waals surface area contributed by atoms with Crippen LogP contribution in [0.1, 0.15) is 31.2 Å². The highest BCUT2D eigenvalue weighted by atomic mass is 16.5. The Kier molecular flexibility index (Phi) is 5.76. The Labute approximate surface area is 166 Å². The van der Waals surface area contributed by atoms with Crippen molar-refractivity contribution in [2.24, 2.45) is 0 Å². The summed E-state index contributed by atoms with van der Waals surface area (Å²) in [7, 11) is 1.70. The zero-order valence-corrected chi connectivity index (χ0v) is 16.4. The Morgan fingerprint density at radius 2 is 2.04 bits per heavy atom. The Bertz CT molecular complexity index is 839. The van der Waals surface area contributed by atoms with Crippen molar-refractivity contribution in [2.75, 3.05) is 43.2 Å². The van der Waals surface area contributed by atoms with E-state index < -0.39 is 0 Å². The van der Waals surface area contributed by atoms with Crippen LogP contribution < -0.4 is 14.5 Å². The van der Waals surface area contributed by atoms with Gasteiger partial charge >= 0.3 is 0 Å². The average Bonchev–Trinajstić information content (AvgIpc) is 2.79. The zero-order chi connectivity index (χ0) is 19.3. The van der Waals surface area contributed by atoms with E-state index in [0.717, 1.165) is 56.3 Å². The molecule has 1 fully saturated rings. The first-order valence-electron chi connectivity index (χ1n) is 10.1. The summed E-state index contributed by atoms with van der Waals surface area (Å²) in [5.74, 6) is 2.76. The average molecular weight is 380 g/mol. The predicted molar refractivity (Wildman–Crippen MR) is 112 cm³/mol. The molecule has 1 unspecified atom stereocenters. The lowest BCUT2D eigenvalue weighted by Crippen LogP contribution is -2.42. The van der Waals surface area contributed by atoms with Crippen LogP contribution in [0.3, 0.4) is 0 Å². The fourth-order valence-electron chi connectivity index (χ4n) is 4.12. The summed E-state index contributed by atoms with van der Waals surface area (Å²) < 4.78 is 5.35. The van der Waals surface area contributed by atoms with Crippen LogP contribution in [0.2, 0.25) is 0 Å². The van der Waals surface area contributed by atoms with Crippen molar-refractivity contribution in [2.45, 2.75) is 31.7 Å². The number of anilines is 2.